The van der Waals surface area contributed by atoms with E-state index in [1.165, 1.54) is 0 Å². The molecule has 2 amide bonds. The number of halogens is 1. The molecule has 2 heterocycles. The van der Waals surface area contributed by atoms with Gasteiger partial charge in [-0.05, 0) is 36.8 Å². The van der Waals surface area contributed by atoms with E-state index in [4.69, 9.17) is 11.6 Å². The fourth-order valence-corrected chi connectivity index (χ4v) is 2.80. The van der Waals surface area contributed by atoms with Gasteiger partial charge >= 0.3 is 0 Å². The van der Waals surface area contributed by atoms with Crippen LogP contribution in [0, 0.1) is 12.8 Å². The van der Waals surface area contributed by atoms with Crippen molar-refractivity contribution in [3.05, 3.63) is 53.2 Å². The molecular formula is C17H16ClN3O2. The lowest BCUT2D eigenvalue weighted by Crippen LogP contribution is -2.28. The largest absolute Gasteiger partial charge is 0.312 e. The first-order valence-corrected chi connectivity index (χ1v) is 7.71. The van der Waals surface area contributed by atoms with Crippen LogP contribution in [-0.4, -0.2) is 23.3 Å². The van der Waals surface area contributed by atoms with Crippen LogP contribution in [0.5, 0.6) is 0 Å². The third-order valence-corrected chi connectivity index (χ3v) is 4.10. The second-order valence-electron chi connectivity index (χ2n) is 5.54. The number of amides is 2. The van der Waals surface area contributed by atoms with E-state index in [2.05, 4.69) is 10.3 Å². The van der Waals surface area contributed by atoms with Gasteiger partial charge in [-0.25, -0.2) is 4.98 Å². The minimum atomic E-state index is -0.400. The van der Waals surface area contributed by atoms with Crippen LogP contribution >= 0.6 is 11.6 Å². The Bertz CT molecular complexity index is 763. The zero-order valence-corrected chi connectivity index (χ0v) is 13.4. The van der Waals surface area contributed by atoms with Gasteiger partial charge in [0, 0.05) is 29.9 Å². The standard InChI is InChI=1S/C17H16ClN3O2/c1-11-4-3-7-19-16(11)20-17(23)12-8-15(22)21(10-12)14-6-2-5-13(18)9-14/h2-7,9,12H,8,10H2,1H3,(H,19,20,23). The highest BCUT2D eigenvalue weighted by atomic mass is 35.5. The van der Waals surface area contributed by atoms with Gasteiger partial charge in [0.2, 0.25) is 11.8 Å². The minimum Gasteiger partial charge on any atom is -0.312 e. The first-order valence-electron chi connectivity index (χ1n) is 7.33. The van der Waals surface area contributed by atoms with Crippen molar-refractivity contribution in [2.45, 2.75) is 13.3 Å². The van der Waals surface area contributed by atoms with Crippen LogP contribution in [0.25, 0.3) is 0 Å². The molecule has 23 heavy (non-hydrogen) atoms. The molecule has 2 aromatic rings. The molecule has 1 fully saturated rings. The van der Waals surface area contributed by atoms with Crippen LogP contribution in [0.1, 0.15) is 12.0 Å². The van der Waals surface area contributed by atoms with Crippen LogP contribution in [0.3, 0.4) is 0 Å². The highest BCUT2D eigenvalue weighted by Crippen LogP contribution is 2.27. The van der Waals surface area contributed by atoms with Crippen molar-refractivity contribution in [3.63, 3.8) is 0 Å². The second-order valence-corrected chi connectivity index (χ2v) is 5.98. The van der Waals surface area contributed by atoms with Crippen LogP contribution in [0.4, 0.5) is 11.5 Å². The van der Waals surface area contributed by atoms with Gasteiger partial charge in [-0.15, -0.1) is 0 Å². The van der Waals surface area contributed by atoms with Crippen molar-refractivity contribution < 1.29 is 9.59 Å². The molecule has 1 aliphatic heterocycles. The summed E-state index contributed by atoms with van der Waals surface area (Å²) < 4.78 is 0. The molecule has 0 spiro atoms. The number of anilines is 2. The summed E-state index contributed by atoms with van der Waals surface area (Å²) in [6.07, 6.45) is 1.81. The molecular weight excluding hydrogens is 314 g/mol. The normalized spacial score (nSPS) is 17.4. The second kappa shape index (κ2) is 6.38. The van der Waals surface area contributed by atoms with Gasteiger partial charge in [-0.2, -0.15) is 0 Å². The van der Waals surface area contributed by atoms with Crippen LogP contribution in [0.2, 0.25) is 5.02 Å². The number of aryl methyl sites for hydroxylation is 1. The van der Waals surface area contributed by atoms with Crippen LogP contribution in [0.15, 0.2) is 42.6 Å². The van der Waals surface area contributed by atoms with E-state index in [9.17, 15) is 9.59 Å². The number of pyridine rings is 1. The Morgan fingerprint density at radius 2 is 2.17 bits per heavy atom. The molecule has 0 saturated carbocycles. The molecule has 3 rings (SSSR count). The Morgan fingerprint density at radius 1 is 1.35 bits per heavy atom. The number of carbonyl (C=O) groups is 2. The average Bonchev–Trinajstić information content (AvgIpc) is 2.92. The number of nitrogens with zero attached hydrogens (tertiary/aromatic N) is 2. The quantitative estimate of drug-likeness (QED) is 0.941. The molecule has 6 heteroatoms. The fraction of sp³-hybridized carbons (Fsp3) is 0.235. The monoisotopic (exact) mass is 329 g/mol. The lowest BCUT2D eigenvalue weighted by Gasteiger charge is -2.17. The Kier molecular flexibility index (Phi) is 4.30. The minimum absolute atomic E-state index is 0.0786. The Hall–Kier alpha value is -2.40. The molecule has 1 N–H and O–H groups in total. The number of aromatic nitrogens is 1. The topological polar surface area (TPSA) is 62.3 Å². The Labute approximate surface area is 139 Å². The van der Waals surface area contributed by atoms with E-state index in [0.29, 0.717) is 23.1 Å². The van der Waals surface area contributed by atoms with E-state index in [1.807, 2.05) is 25.1 Å². The summed E-state index contributed by atoms with van der Waals surface area (Å²) in [5.74, 6) is -0.135. The zero-order valence-electron chi connectivity index (χ0n) is 12.6. The van der Waals surface area contributed by atoms with Gasteiger partial charge in [0.05, 0.1) is 5.92 Å². The Morgan fingerprint density at radius 3 is 2.91 bits per heavy atom. The number of hydrogen-bond acceptors (Lipinski definition) is 3. The number of rotatable bonds is 3. The van der Waals surface area contributed by atoms with Gasteiger partial charge in [-0.3, -0.25) is 9.59 Å². The van der Waals surface area contributed by atoms with Crippen molar-refractivity contribution >= 4 is 34.9 Å². The third-order valence-electron chi connectivity index (χ3n) is 3.87. The average molecular weight is 330 g/mol. The zero-order chi connectivity index (χ0) is 16.4. The maximum atomic E-state index is 12.4. The number of hydrogen-bond donors (Lipinski definition) is 1. The first-order chi connectivity index (χ1) is 11.0. The van der Waals surface area contributed by atoms with Gasteiger partial charge in [0.25, 0.3) is 0 Å². The third kappa shape index (κ3) is 3.35. The highest BCUT2D eigenvalue weighted by molar-refractivity contribution is 6.31. The molecule has 1 unspecified atom stereocenters. The van der Waals surface area contributed by atoms with Gasteiger partial charge < -0.3 is 10.2 Å². The maximum Gasteiger partial charge on any atom is 0.230 e. The smallest absolute Gasteiger partial charge is 0.230 e. The summed E-state index contributed by atoms with van der Waals surface area (Å²) >= 11 is 5.97. The van der Waals surface area contributed by atoms with Gasteiger partial charge in [0.15, 0.2) is 0 Å². The maximum absolute atomic E-state index is 12.4. The van der Waals surface area contributed by atoms with Crippen molar-refractivity contribution in [2.24, 2.45) is 5.92 Å². The first kappa shape index (κ1) is 15.5. The summed E-state index contributed by atoms with van der Waals surface area (Å²) in [5.41, 5.74) is 1.60. The lowest BCUT2D eigenvalue weighted by molar-refractivity contribution is -0.122. The van der Waals surface area contributed by atoms with E-state index in [-0.39, 0.29) is 18.2 Å². The highest BCUT2D eigenvalue weighted by Gasteiger charge is 2.35. The SMILES string of the molecule is Cc1cccnc1NC(=O)C1CC(=O)N(c2cccc(Cl)c2)C1. The van der Waals surface area contributed by atoms with E-state index in [1.54, 1.807) is 29.3 Å². The molecule has 1 aliphatic rings. The van der Waals surface area contributed by atoms with Crippen molar-refractivity contribution in [2.75, 3.05) is 16.8 Å². The lowest BCUT2D eigenvalue weighted by atomic mass is 10.1. The number of carbonyl (C=O) groups excluding carboxylic acids is 2. The predicted octanol–water partition coefficient (Wildman–Crippen LogP) is 3.04. The van der Waals surface area contributed by atoms with E-state index >= 15 is 0 Å². The van der Waals surface area contributed by atoms with Gasteiger partial charge in [-0.1, -0.05) is 23.7 Å². The fourth-order valence-electron chi connectivity index (χ4n) is 2.61. The van der Waals surface area contributed by atoms with Crippen molar-refractivity contribution in [3.8, 4) is 0 Å². The molecule has 0 bridgehead atoms. The molecule has 1 saturated heterocycles. The molecule has 5 nitrogen and oxygen atoms in total. The Balaban J connectivity index is 1.72. The van der Waals surface area contributed by atoms with E-state index in [0.717, 1.165) is 5.56 Å². The van der Waals surface area contributed by atoms with Crippen LogP contribution in [-0.2, 0) is 9.59 Å². The number of nitrogens with one attached hydrogen (secondary N) is 1. The molecule has 0 radical (unpaired) electrons. The molecule has 0 aliphatic carbocycles. The van der Waals surface area contributed by atoms with Crippen molar-refractivity contribution in [1.82, 2.24) is 4.98 Å². The number of benzene rings is 1. The molecule has 1 aromatic heterocycles. The predicted molar refractivity (Wildman–Crippen MR) is 89.5 cm³/mol. The summed E-state index contributed by atoms with van der Waals surface area (Å²) in [6, 6.07) is 10.8. The molecule has 118 valence electrons. The van der Waals surface area contributed by atoms with Crippen molar-refractivity contribution in [1.29, 1.82) is 0 Å². The van der Waals surface area contributed by atoms with Gasteiger partial charge in [0.1, 0.15) is 5.82 Å². The van der Waals surface area contributed by atoms with E-state index < -0.39 is 5.92 Å². The summed E-state index contributed by atoms with van der Waals surface area (Å²) in [4.78, 5) is 30.4. The molecule has 1 aromatic carbocycles. The summed E-state index contributed by atoms with van der Waals surface area (Å²) in [7, 11) is 0. The molecule has 1 atom stereocenters. The van der Waals surface area contributed by atoms with Crippen LogP contribution < -0.4 is 10.2 Å². The summed E-state index contributed by atoms with van der Waals surface area (Å²) in [6.45, 7) is 2.22. The summed E-state index contributed by atoms with van der Waals surface area (Å²) in [5, 5.41) is 3.36.